The standard InChI is InChI=1S/C14H14O3/c1-16-10-5-6-13-9(7-10)8-11-12(15)3-2-4-14(11)17-13/h5-8,14H,2-4H2,1H3/t14-/m1/s1. The molecule has 0 spiro atoms. The quantitative estimate of drug-likeness (QED) is 0.743. The van der Waals surface area contributed by atoms with Crippen LogP contribution in [-0.4, -0.2) is 19.0 Å². The molecule has 0 amide bonds. The van der Waals surface area contributed by atoms with Gasteiger partial charge in [0.15, 0.2) is 5.78 Å². The summed E-state index contributed by atoms with van der Waals surface area (Å²) in [6, 6.07) is 5.68. The summed E-state index contributed by atoms with van der Waals surface area (Å²) in [5, 5.41) is 0. The second kappa shape index (κ2) is 3.91. The topological polar surface area (TPSA) is 35.5 Å². The van der Waals surface area contributed by atoms with Crippen LogP contribution >= 0.6 is 0 Å². The van der Waals surface area contributed by atoms with Crippen LogP contribution in [0, 0.1) is 0 Å². The number of ether oxygens (including phenoxy) is 2. The third-order valence-electron chi connectivity index (χ3n) is 3.34. The molecule has 1 saturated carbocycles. The highest BCUT2D eigenvalue weighted by molar-refractivity contribution is 6.02. The van der Waals surface area contributed by atoms with Crippen LogP contribution < -0.4 is 9.47 Å². The number of fused-ring (bicyclic) bond motifs is 2. The number of benzene rings is 1. The molecule has 17 heavy (non-hydrogen) atoms. The zero-order valence-electron chi connectivity index (χ0n) is 9.73. The molecule has 1 aromatic carbocycles. The number of ketones is 1. The molecule has 0 aromatic heterocycles. The van der Waals surface area contributed by atoms with Gasteiger partial charge in [-0.15, -0.1) is 0 Å². The van der Waals surface area contributed by atoms with E-state index in [1.807, 2.05) is 24.3 Å². The normalized spacial score (nSPS) is 22.1. The lowest BCUT2D eigenvalue weighted by Crippen LogP contribution is -2.30. The van der Waals surface area contributed by atoms with Gasteiger partial charge in [-0.1, -0.05) is 0 Å². The van der Waals surface area contributed by atoms with E-state index in [1.54, 1.807) is 7.11 Å². The fourth-order valence-electron chi connectivity index (χ4n) is 2.42. The van der Waals surface area contributed by atoms with Crippen LogP contribution in [-0.2, 0) is 4.79 Å². The highest BCUT2D eigenvalue weighted by Gasteiger charge is 2.30. The summed E-state index contributed by atoms with van der Waals surface area (Å²) in [5.41, 5.74) is 1.75. The van der Waals surface area contributed by atoms with Crippen LogP contribution in [0.25, 0.3) is 6.08 Å². The Balaban J connectivity index is 2.05. The zero-order valence-corrected chi connectivity index (χ0v) is 9.73. The Morgan fingerprint density at radius 2 is 2.29 bits per heavy atom. The summed E-state index contributed by atoms with van der Waals surface area (Å²) in [6.45, 7) is 0. The molecule has 1 aliphatic carbocycles. The third-order valence-corrected chi connectivity index (χ3v) is 3.34. The van der Waals surface area contributed by atoms with Gasteiger partial charge >= 0.3 is 0 Å². The first-order chi connectivity index (χ1) is 8.28. The van der Waals surface area contributed by atoms with Crippen LogP contribution in [0.2, 0.25) is 0 Å². The van der Waals surface area contributed by atoms with Crippen molar-refractivity contribution in [2.75, 3.05) is 7.11 Å². The number of carbonyl (C=O) groups excluding carboxylic acids is 1. The van der Waals surface area contributed by atoms with Crippen molar-refractivity contribution in [3.8, 4) is 11.5 Å². The summed E-state index contributed by atoms with van der Waals surface area (Å²) in [6.07, 6.45) is 4.41. The second-order valence-electron chi connectivity index (χ2n) is 4.43. The van der Waals surface area contributed by atoms with Crippen LogP contribution in [0.5, 0.6) is 11.5 Å². The van der Waals surface area contributed by atoms with Crippen molar-refractivity contribution in [1.29, 1.82) is 0 Å². The largest absolute Gasteiger partial charge is 0.497 e. The predicted molar refractivity (Wildman–Crippen MR) is 64.2 cm³/mol. The maximum atomic E-state index is 11.8. The molecule has 1 atom stereocenters. The second-order valence-corrected chi connectivity index (χ2v) is 4.43. The molecule has 1 aliphatic heterocycles. The molecule has 0 radical (unpaired) electrons. The molecule has 3 nitrogen and oxygen atoms in total. The molecule has 1 aromatic rings. The van der Waals surface area contributed by atoms with E-state index < -0.39 is 0 Å². The lowest BCUT2D eigenvalue weighted by atomic mass is 9.87. The highest BCUT2D eigenvalue weighted by atomic mass is 16.5. The van der Waals surface area contributed by atoms with Gasteiger partial charge in [-0.2, -0.15) is 0 Å². The Morgan fingerprint density at radius 1 is 1.41 bits per heavy atom. The number of rotatable bonds is 1. The van der Waals surface area contributed by atoms with Crippen molar-refractivity contribution in [2.24, 2.45) is 0 Å². The average Bonchev–Trinajstić information content (AvgIpc) is 2.37. The monoisotopic (exact) mass is 230 g/mol. The van der Waals surface area contributed by atoms with E-state index in [9.17, 15) is 4.79 Å². The molecule has 0 saturated heterocycles. The van der Waals surface area contributed by atoms with E-state index in [4.69, 9.17) is 9.47 Å². The number of hydrogen-bond acceptors (Lipinski definition) is 3. The molecular formula is C14H14O3. The SMILES string of the molecule is COc1ccc2c(c1)C=C1C(=O)CCC[C@H]1O2. The summed E-state index contributed by atoms with van der Waals surface area (Å²) in [4.78, 5) is 11.8. The first kappa shape index (κ1) is 10.4. The van der Waals surface area contributed by atoms with Crippen molar-refractivity contribution in [1.82, 2.24) is 0 Å². The molecule has 88 valence electrons. The maximum Gasteiger partial charge on any atom is 0.162 e. The molecule has 0 bridgehead atoms. The minimum atomic E-state index is -0.0443. The zero-order chi connectivity index (χ0) is 11.8. The first-order valence-electron chi connectivity index (χ1n) is 5.87. The summed E-state index contributed by atoms with van der Waals surface area (Å²) >= 11 is 0. The van der Waals surface area contributed by atoms with Gasteiger partial charge in [-0.05, 0) is 37.1 Å². The van der Waals surface area contributed by atoms with E-state index >= 15 is 0 Å². The minimum absolute atomic E-state index is 0.0443. The van der Waals surface area contributed by atoms with Gasteiger partial charge in [0, 0.05) is 17.6 Å². The van der Waals surface area contributed by atoms with Gasteiger partial charge in [-0.3, -0.25) is 4.79 Å². The Labute approximate surface area is 100 Å². The van der Waals surface area contributed by atoms with E-state index in [1.165, 1.54) is 0 Å². The molecule has 3 rings (SSSR count). The van der Waals surface area contributed by atoms with Crippen LogP contribution in [0.4, 0.5) is 0 Å². The number of carbonyl (C=O) groups is 1. The van der Waals surface area contributed by atoms with Gasteiger partial charge in [-0.25, -0.2) is 0 Å². The number of methoxy groups -OCH3 is 1. The Morgan fingerprint density at radius 3 is 3.12 bits per heavy atom. The fraction of sp³-hybridized carbons (Fsp3) is 0.357. The molecule has 1 heterocycles. The highest BCUT2D eigenvalue weighted by Crippen LogP contribution is 2.36. The van der Waals surface area contributed by atoms with Crippen LogP contribution in [0.3, 0.4) is 0 Å². The smallest absolute Gasteiger partial charge is 0.162 e. The van der Waals surface area contributed by atoms with Gasteiger partial charge in [0.2, 0.25) is 0 Å². The summed E-state index contributed by atoms with van der Waals surface area (Å²) < 4.78 is 11.0. The van der Waals surface area contributed by atoms with E-state index in [0.717, 1.165) is 35.5 Å². The lowest BCUT2D eigenvalue weighted by molar-refractivity contribution is -0.117. The van der Waals surface area contributed by atoms with Crippen LogP contribution in [0.15, 0.2) is 23.8 Å². The minimum Gasteiger partial charge on any atom is -0.497 e. The van der Waals surface area contributed by atoms with Gasteiger partial charge in [0.25, 0.3) is 0 Å². The molecule has 2 aliphatic rings. The maximum absolute atomic E-state index is 11.8. The van der Waals surface area contributed by atoms with Crippen LogP contribution in [0.1, 0.15) is 24.8 Å². The van der Waals surface area contributed by atoms with Crippen molar-refractivity contribution >= 4 is 11.9 Å². The third kappa shape index (κ3) is 1.71. The van der Waals surface area contributed by atoms with E-state index in [0.29, 0.717) is 6.42 Å². The molecule has 1 fully saturated rings. The Kier molecular flexibility index (Phi) is 2.39. The lowest BCUT2D eigenvalue weighted by Gasteiger charge is -2.29. The van der Waals surface area contributed by atoms with E-state index in [2.05, 4.69) is 0 Å². The van der Waals surface area contributed by atoms with Crippen molar-refractivity contribution < 1.29 is 14.3 Å². The summed E-state index contributed by atoms with van der Waals surface area (Å²) in [5.74, 6) is 1.84. The van der Waals surface area contributed by atoms with Crippen molar-refractivity contribution in [3.63, 3.8) is 0 Å². The van der Waals surface area contributed by atoms with Crippen molar-refractivity contribution in [2.45, 2.75) is 25.4 Å². The average molecular weight is 230 g/mol. The van der Waals surface area contributed by atoms with Gasteiger partial charge in [0.1, 0.15) is 17.6 Å². The molecule has 3 heteroatoms. The van der Waals surface area contributed by atoms with E-state index in [-0.39, 0.29) is 11.9 Å². The Bertz CT molecular complexity index is 502. The number of hydrogen-bond donors (Lipinski definition) is 0. The first-order valence-corrected chi connectivity index (χ1v) is 5.87. The fourth-order valence-corrected chi connectivity index (χ4v) is 2.42. The van der Waals surface area contributed by atoms with Crippen molar-refractivity contribution in [3.05, 3.63) is 29.3 Å². The number of Topliss-reactive ketones (excluding diaryl/α,β-unsaturated/α-hetero) is 1. The summed E-state index contributed by atoms with van der Waals surface area (Å²) in [7, 11) is 1.63. The molecule has 0 unspecified atom stereocenters. The molecular weight excluding hydrogens is 216 g/mol. The predicted octanol–water partition coefficient (Wildman–Crippen LogP) is 2.59. The van der Waals surface area contributed by atoms with Gasteiger partial charge in [0.05, 0.1) is 7.11 Å². The van der Waals surface area contributed by atoms with Gasteiger partial charge < -0.3 is 9.47 Å². The molecule has 0 N–H and O–H groups in total. The Hall–Kier alpha value is -1.77.